The maximum absolute atomic E-state index is 9.32. The molecule has 1 heterocycles. The maximum atomic E-state index is 9.32. The number of aromatic nitrogens is 1. The van der Waals surface area contributed by atoms with Crippen molar-refractivity contribution < 1.29 is 0 Å². The van der Waals surface area contributed by atoms with E-state index in [0.717, 1.165) is 42.6 Å². The zero-order valence-corrected chi connectivity index (χ0v) is 12.3. The summed E-state index contributed by atoms with van der Waals surface area (Å²) in [6.45, 7) is 3.29. The van der Waals surface area contributed by atoms with Gasteiger partial charge in [-0.15, -0.1) is 0 Å². The number of hydrogen-bond donors (Lipinski definition) is 1. The van der Waals surface area contributed by atoms with Crippen LogP contribution in [-0.4, -0.2) is 11.5 Å². The molecule has 0 radical (unpaired) electrons. The van der Waals surface area contributed by atoms with Crippen molar-refractivity contribution in [2.75, 3.05) is 11.9 Å². The van der Waals surface area contributed by atoms with E-state index in [2.05, 4.69) is 24.4 Å². The van der Waals surface area contributed by atoms with E-state index in [9.17, 15) is 5.26 Å². The summed E-state index contributed by atoms with van der Waals surface area (Å²) in [6.07, 6.45) is 8.56. The van der Waals surface area contributed by atoms with Crippen LogP contribution in [0.1, 0.15) is 55.8 Å². The van der Waals surface area contributed by atoms with Crippen LogP contribution in [0.5, 0.6) is 0 Å². The number of pyridine rings is 1. The van der Waals surface area contributed by atoms with Gasteiger partial charge in [0.15, 0.2) is 0 Å². The summed E-state index contributed by atoms with van der Waals surface area (Å²) in [6, 6.07) is 4.36. The first kappa shape index (κ1) is 13.4. The monoisotopic (exact) mass is 269 g/mol. The van der Waals surface area contributed by atoms with Crippen molar-refractivity contribution in [3.05, 3.63) is 22.9 Å². The standard InChI is InChI=1S/C17H23N3/c1-12-6-7-13(8-12)11-19-17-15(10-18)9-14-4-2-3-5-16(14)20-17/h9,12-13H,2-8,11H2,1H3,(H,19,20). The van der Waals surface area contributed by atoms with E-state index < -0.39 is 0 Å². The highest BCUT2D eigenvalue weighted by Crippen LogP contribution is 2.31. The second-order valence-corrected chi connectivity index (χ2v) is 6.47. The van der Waals surface area contributed by atoms with Crippen LogP contribution in [0, 0.1) is 23.2 Å². The molecular weight excluding hydrogens is 246 g/mol. The minimum absolute atomic E-state index is 0.719. The van der Waals surface area contributed by atoms with Crippen LogP contribution in [0.2, 0.25) is 0 Å². The second-order valence-electron chi connectivity index (χ2n) is 6.47. The molecule has 3 heteroatoms. The highest BCUT2D eigenvalue weighted by Gasteiger charge is 2.22. The number of nitriles is 1. The Morgan fingerprint density at radius 1 is 1.35 bits per heavy atom. The second kappa shape index (κ2) is 5.83. The van der Waals surface area contributed by atoms with E-state index in [1.165, 1.54) is 43.4 Å². The molecule has 2 aliphatic rings. The smallest absolute Gasteiger partial charge is 0.144 e. The molecule has 20 heavy (non-hydrogen) atoms. The molecule has 106 valence electrons. The molecule has 0 spiro atoms. The molecule has 2 atom stereocenters. The van der Waals surface area contributed by atoms with Crippen LogP contribution in [-0.2, 0) is 12.8 Å². The van der Waals surface area contributed by atoms with E-state index in [1.807, 2.05) is 0 Å². The zero-order valence-electron chi connectivity index (χ0n) is 12.3. The average molecular weight is 269 g/mol. The first-order valence-corrected chi connectivity index (χ1v) is 7.93. The van der Waals surface area contributed by atoms with Crippen molar-refractivity contribution in [1.29, 1.82) is 5.26 Å². The number of fused-ring (bicyclic) bond motifs is 1. The lowest BCUT2D eigenvalue weighted by molar-refractivity contribution is 0.536. The molecule has 2 aliphatic carbocycles. The van der Waals surface area contributed by atoms with Gasteiger partial charge in [0.05, 0.1) is 5.56 Å². The molecule has 0 aromatic carbocycles. The van der Waals surface area contributed by atoms with Crippen molar-refractivity contribution in [3.63, 3.8) is 0 Å². The summed E-state index contributed by atoms with van der Waals surface area (Å²) in [5.74, 6) is 2.41. The molecule has 1 fully saturated rings. The Hall–Kier alpha value is -1.56. The van der Waals surface area contributed by atoms with E-state index in [1.54, 1.807) is 0 Å². The quantitative estimate of drug-likeness (QED) is 0.910. The molecule has 0 bridgehead atoms. The Bertz CT molecular complexity index is 530. The molecule has 1 N–H and O–H groups in total. The number of nitrogens with zero attached hydrogens (tertiary/aromatic N) is 2. The van der Waals surface area contributed by atoms with Gasteiger partial charge in [-0.05, 0) is 62.0 Å². The third-order valence-corrected chi connectivity index (χ3v) is 4.78. The van der Waals surface area contributed by atoms with Crippen LogP contribution in [0.15, 0.2) is 6.07 Å². The molecule has 1 saturated carbocycles. The van der Waals surface area contributed by atoms with Crippen LogP contribution in [0.25, 0.3) is 0 Å². The van der Waals surface area contributed by atoms with Crippen LogP contribution >= 0.6 is 0 Å². The first-order chi connectivity index (χ1) is 9.76. The maximum Gasteiger partial charge on any atom is 0.144 e. The van der Waals surface area contributed by atoms with Crippen LogP contribution in [0.4, 0.5) is 5.82 Å². The summed E-state index contributed by atoms with van der Waals surface area (Å²) in [5, 5.41) is 12.8. The molecule has 3 nitrogen and oxygen atoms in total. The van der Waals surface area contributed by atoms with Crippen LogP contribution in [0.3, 0.4) is 0 Å². The van der Waals surface area contributed by atoms with Gasteiger partial charge < -0.3 is 5.32 Å². The largest absolute Gasteiger partial charge is 0.369 e. The highest BCUT2D eigenvalue weighted by molar-refractivity contribution is 5.54. The average Bonchev–Trinajstić information content (AvgIpc) is 2.89. The van der Waals surface area contributed by atoms with Gasteiger partial charge in [0.2, 0.25) is 0 Å². The van der Waals surface area contributed by atoms with Crippen molar-refractivity contribution in [2.24, 2.45) is 11.8 Å². The Kier molecular flexibility index (Phi) is 3.91. The predicted molar refractivity (Wildman–Crippen MR) is 80.6 cm³/mol. The van der Waals surface area contributed by atoms with E-state index in [0.29, 0.717) is 0 Å². The fourth-order valence-electron chi connectivity index (χ4n) is 3.61. The van der Waals surface area contributed by atoms with Gasteiger partial charge in [-0.1, -0.05) is 13.3 Å². The summed E-state index contributed by atoms with van der Waals surface area (Å²) >= 11 is 0. The number of nitrogens with one attached hydrogen (secondary N) is 1. The first-order valence-electron chi connectivity index (χ1n) is 7.93. The summed E-state index contributed by atoms with van der Waals surface area (Å²) < 4.78 is 0. The van der Waals surface area contributed by atoms with Gasteiger partial charge in [0.25, 0.3) is 0 Å². The molecule has 0 saturated heterocycles. The molecular formula is C17H23N3. The lowest BCUT2D eigenvalue weighted by Gasteiger charge is -2.18. The highest BCUT2D eigenvalue weighted by atomic mass is 15.0. The number of hydrogen-bond acceptors (Lipinski definition) is 3. The van der Waals surface area contributed by atoms with Gasteiger partial charge in [-0.2, -0.15) is 5.26 Å². The fraction of sp³-hybridized carbons (Fsp3) is 0.647. The summed E-state index contributed by atoms with van der Waals surface area (Å²) in [4.78, 5) is 4.73. The zero-order chi connectivity index (χ0) is 13.9. The predicted octanol–water partition coefficient (Wildman–Crippen LogP) is 3.68. The van der Waals surface area contributed by atoms with E-state index in [4.69, 9.17) is 4.98 Å². The van der Waals surface area contributed by atoms with Gasteiger partial charge in [-0.3, -0.25) is 0 Å². The lowest BCUT2D eigenvalue weighted by Crippen LogP contribution is -2.15. The Labute approximate surface area is 121 Å². The molecule has 0 aliphatic heterocycles. The Morgan fingerprint density at radius 3 is 2.95 bits per heavy atom. The van der Waals surface area contributed by atoms with Gasteiger partial charge in [0, 0.05) is 12.2 Å². The molecule has 1 aromatic heterocycles. The van der Waals surface area contributed by atoms with Gasteiger partial charge >= 0.3 is 0 Å². The minimum Gasteiger partial charge on any atom is -0.369 e. The number of rotatable bonds is 3. The van der Waals surface area contributed by atoms with E-state index in [-0.39, 0.29) is 0 Å². The minimum atomic E-state index is 0.719. The SMILES string of the molecule is CC1CCC(CNc2nc3c(cc2C#N)CCCC3)C1. The lowest BCUT2D eigenvalue weighted by atomic mass is 9.95. The normalized spacial score (nSPS) is 25.0. The molecule has 0 amide bonds. The third kappa shape index (κ3) is 2.80. The van der Waals surface area contributed by atoms with Crippen LogP contribution < -0.4 is 5.32 Å². The fourth-order valence-corrected chi connectivity index (χ4v) is 3.61. The Balaban J connectivity index is 1.73. The van der Waals surface area contributed by atoms with Crippen molar-refractivity contribution >= 4 is 5.82 Å². The number of anilines is 1. The van der Waals surface area contributed by atoms with Gasteiger partial charge in [0.1, 0.15) is 11.9 Å². The molecule has 3 rings (SSSR count). The van der Waals surface area contributed by atoms with Crippen molar-refractivity contribution in [2.45, 2.75) is 51.9 Å². The Morgan fingerprint density at radius 2 is 2.20 bits per heavy atom. The molecule has 2 unspecified atom stereocenters. The number of aryl methyl sites for hydroxylation is 2. The molecule has 1 aromatic rings. The van der Waals surface area contributed by atoms with Gasteiger partial charge in [-0.25, -0.2) is 4.98 Å². The van der Waals surface area contributed by atoms with Crippen molar-refractivity contribution in [1.82, 2.24) is 4.98 Å². The van der Waals surface area contributed by atoms with E-state index >= 15 is 0 Å². The topological polar surface area (TPSA) is 48.7 Å². The third-order valence-electron chi connectivity index (χ3n) is 4.78. The van der Waals surface area contributed by atoms with Crippen molar-refractivity contribution in [3.8, 4) is 6.07 Å². The summed E-state index contributed by atoms with van der Waals surface area (Å²) in [5.41, 5.74) is 3.21. The summed E-state index contributed by atoms with van der Waals surface area (Å²) in [7, 11) is 0.